The van der Waals surface area contributed by atoms with Crippen LogP contribution in [0, 0.1) is 11.2 Å². The van der Waals surface area contributed by atoms with Crippen LogP contribution in [-0.2, 0) is 0 Å². The minimum atomic E-state index is -0.465. The highest BCUT2D eigenvalue weighted by Crippen LogP contribution is 2.38. The number of nitrogens with zero attached hydrogens (tertiary/aromatic N) is 4. The monoisotopic (exact) mass is 501 g/mol. The van der Waals surface area contributed by atoms with Gasteiger partial charge in [-0.1, -0.05) is 11.6 Å². The lowest BCUT2D eigenvalue weighted by atomic mass is 9.99. The Bertz CT molecular complexity index is 1100. The molecule has 3 aliphatic heterocycles. The standard InChI is InChI=1S/C25H29ClFN5O3/c1-14(33)11-32-17-3-4-18(32)8-19(7-17)35-23-6-16(27)2-5-20(23)25(34)31-12-21(22(28)13-31)24-29-9-15(26)10-30-24/h2,5-6,9-10,14,17-19,21,28,33H,3-4,7-8,11-13H2,1H3. The van der Waals surface area contributed by atoms with Crippen molar-refractivity contribution in [3.63, 3.8) is 0 Å². The first-order valence-electron chi connectivity index (χ1n) is 12.0. The first-order valence-corrected chi connectivity index (χ1v) is 12.4. The molecule has 35 heavy (non-hydrogen) atoms. The second-order valence-corrected chi connectivity index (χ2v) is 10.2. The van der Waals surface area contributed by atoms with Gasteiger partial charge in [0.05, 0.1) is 29.2 Å². The minimum Gasteiger partial charge on any atom is -0.489 e. The van der Waals surface area contributed by atoms with Crippen LogP contribution in [0.5, 0.6) is 5.75 Å². The third-order valence-corrected chi connectivity index (χ3v) is 7.40. The quantitative estimate of drug-likeness (QED) is 0.629. The number of aromatic nitrogens is 2. The number of aliphatic hydroxyl groups is 1. The fraction of sp³-hybridized carbons (Fsp3) is 0.520. The van der Waals surface area contributed by atoms with Crippen LogP contribution < -0.4 is 4.74 Å². The summed E-state index contributed by atoms with van der Waals surface area (Å²) in [4.78, 5) is 25.8. The fourth-order valence-corrected chi connectivity index (χ4v) is 5.75. The summed E-state index contributed by atoms with van der Waals surface area (Å²) in [7, 11) is 0. The van der Waals surface area contributed by atoms with Gasteiger partial charge in [0, 0.05) is 49.3 Å². The third kappa shape index (κ3) is 5.03. The maximum Gasteiger partial charge on any atom is 0.257 e. The summed E-state index contributed by atoms with van der Waals surface area (Å²) in [5.41, 5.74) is 0.628. The summed E-state index contributed by atoms with van der Waals surface area (Å²) < 4.78 is 20.5. The Kier molecular flexibility index (Phi) is 6.74. The molecule has 4 atom stereocenters. The molecule has 0 radical (unpaired) electrons. The molecule has 3 saturated heterocycles. The van der Waals surface area contributed by atoms with Crippen molar-refractivity contribution in [2.75, 3.05) is 19.6 Å². The van der Waals surface area contributed by atoms with Crippen LogP contribution >= 0.6 is 11.6 Å². The second kappa shape index (κ2) is 9.79. The molecule has 2 bridgehead atoms. The van der Waals surface area contributed by atoms with Gasteiger partial charge in [-0.15, -0.1) is 0 Å². The number of benzene rings is 1. The lowest BCUT2D eigenvalue weighted by Crippen LogP contribution is -2.48. The molecule has 0 aliphatic carbocycles. The molecule has 1 amide bonds. The molecule has 1 aromatic heterocycles. The molecular formula is C25H29ClFN5O3. The van der Waals surface area contributed by atoms with Gasteiger partial charge in [0.2, 0.25) is 0 Å². The number of fused-ring (bicyclic) bond motifs is 2. The van der Waals surface area contributed by atoms with Crippen molar-refractivity contribution in [1.29, 1.82) is 5.41 Å². The van der Waals surface area contributed by atoms with E-state index in [4.69, 9.17) is 21.7 Å². The summed E-state index contributed by atoms with van der Waals surface area (Å²) in [5.74, 6) is -0.496. The SMILES string of the molecule is CC(O)CN1C2CCC1CC(Oc1cc(F)ccc1C(=O)N1CC(=N)C(c3ncc(Cl)cn3)C1)C2. The van der Waals surface area contributed by atoms with Crippen LogP contribution in [0.25, 0.3) is 0 Å². The zero-order valence-electron chi connectivity index (χ0n) is 19.5. The second-order valence-electron chi connectivity index (χ2n) is 9.81. The van der Waals surface area contributed by atoms with E-state index in [9.17, 15) is 14.3 Å². The molecule has 2 N–H and O–H groups in total. The predicted molar refractivity (Wildman–Crippen MR) is 129 cm³/mol. The van der Waals surface area contributed by atoms with Crippen molar-refractivity contribution in [2.24, 2.45) is 0 Å². The van der Waals surface area contributed by atoms with Crippen LogP contribution in [0.1, 0.15) is 54.7 Å². The molecule has 1 aromatic carbocycles. The van der Waals surface area contributed by atoms with Crippen molar-refractivity contribution in [3.05, 3.63) is 52.8 Å². The molecule has 2 aromatic rings. The number of hydrogen-bond acceptors (Lipinski definition) is 7. The van der Waals surface area contributed by atoms with E-state index in [1.54, 1.807) is 11.8 Å². The average molecular weight is 502 g/mol. The summed E-state index contributed by atoms with van der Waals surface area (Å²) in [6.45, 7) is 2.85. The number of halogens is 2. The Hall–Kier alpha value is -2.62. The van der Waals surface area contributed by atoms with Gasteiger partial charge in [-0.05, 0) is 44.7 Å². The Morgan fingerprint density at radius 3 is 2.63 bits per heavy atom. The molecule has 4 heterocycles. The maximum absolute atomic E-state index is 14.2. The molecule has 186 valence electrons. The molecule has 4 unspecified atom stereocenters. The van der Waals surface area contributed by atoms with Crippen LogP contribution in [0.3, 0.4) is 0 Å². The highest BCUT2D eigenvalue weighted by molar-refractivity contribution is 6.30. The van der Waals surface area contributed by atoms with Crippen molar-refractivity contribution in [3.8, 4) is 5.75 Å². The van der Waals surface area contributed by atoms with Gasteiger partial charge in [0.1, 0.15) is 23.5 Å². The van der Waals surface area contributed by atoms with Gasteiger partial charge in [-0.3, -0.25) is 9.69 Å². The Balaban J connectivity index is 1.31. The van der Waals surface area contributed by atoms with Crippen molar-refractivity contribution >= 4 is 23.2 Å². The zero-order valence-corrected chi connectivity index (χ0v) is 20.3. The van der Waals surface area contributed by atoms with Crippen molar-refractivity contribution in [1.82, 2.24) is 19.8 Å². The Morgan fingerprint density at radius 2 is 1.97 bits per heavy atom. The van der Waals surface area contributed by atoms with E-state index in [0.717, 1.165) is 25.7 Å². The first-order chi connectivity index (χ1) is 16.8. The van der Waals surface area contributed by atoms with Gasteiger partial charge < -0.3 is 20.2 Å². The Labute approximate surface area is 208 Å². The highest BCUT2D eigenvalue weighted by atomic mass is 35.5. The van der Waals surface area contributed by atoms with E-state index < -0.39 is 11.7 Å². The molecular weight excluding hydrogens is 473 g/mol. The highest BCUT2D eigenvalue weighted by Gasteiger charge is 2.42. The normalized spacial score (nSPS) is 27.3. The summed E-state index contributed by atoms with van der Waals surface area (Å²) in [6, 6.07) is 4.63. The van der Waals surface area contributed by atoms with Crippen LogP contribution in [0.4, 0.5) is 4.39 Å². The number of likely N-dealkylation sites (tertiary alicyclic amines) is 1. The van der Waals surface area contributed by atoms with Gasteiger partial charge in [-0.2, -0.15) is 0 Å². The van der Waals surface area contributed by atoms with Crippen LogP contribution in [0.15, 0.2) is 30.6 Å². The number of ether oxygens (including phenoxy) is 1. The number of carbonyl (C=O) groups is 1. The largest absolute Gasteiger partial charge is 0.489 e. The average Bonchev–Trinajstić information content (AvgIpc) is 3.29. The number of hydrogen-bond donors (Lipinski definition) is 2. The first kappa shape index (κ1) is 24.1. The van der Waals surface area contributed by atoms with Crippen molar-refractivity contribution in [2.45, 2.75) is 62.8 Å². The topological polar surface area (TPSA) is 103 Å². The molecule has 3 fully saturated rings. The Morgan fingerprint density at radius 1 is 1.29 bits per heavy atom. The molecule has 5 rings (SSSR count). The molecule has 10 heteroatoms. The molecule has 0 saturated carbocycles. The van der Waals surface area contributed by atoms with Crippen molar-refractivity contribution < 1.29 is 19.0 Å². The minimum absolute atomic E-state index is 0.127. The number of carbonyl (C=O) groups excluding carboxylic acids is 1. The van der Waals surface area contributed by atoms with Gasteiger partial charge in [0.25, 0.3) is 5.91 Å². The zero-order chi connectivity index (χ0) is 24.7. The van der Waals surface area contributed by atoms with Gasteiger partial charge >= 0.3 is 0 Å². The molecule has 8 nitrogen and oxygen atoms in total. The summed E-state index contributed by atoms with van der Waals surface area (Å²) >= 11 is 5.87. The number of aliphatic hydroxyl groups excluding tert-OH is 1. The summed E-state index contributed by atoms with van der Waals surface area (Å²) in [6.07, 6.45) is 6.10. The number of nitrogens with one attached hydrogen (secondary N) is 1. The van der Waals surface area contributed by atoms with Gasteiger partial charge in [0.15, 0.2) is 0 Å². The third-order valence-electron chi connectivity index (χ3n) is 7.21. The van der Waals surface area contributed by atoms with E-state index in [0.29, 0.717) is 35.2 Å². The van der Waals surface area contributed by atoms with E-state index in [-0.39, 0.29) is 42.5 Å². The van der Waals surface area contributed by atoms with E-state index in [2.05, 4.69) is 14.9 Å². The number of piperidine rings is 1. The molecule has 0 spiro atoms. The lowest BCUT2D eigenvalue weighted by Gasteiger charge is -2.39. The number of rotatable bonds is 6. The van der Waals surface area contributed by atoms with Crippen LogP contribution in [-0.4, -0.2) is 80.4 Å². The van der Waals surface area contributed by atoms with Gasteiger partial charge in [-0.25, -0.2) is 14.4 Å². The van der Waals surface area contributed by atoms with E-state index in [1.807, 2.05) is 0 Å². The van der Waals surface area contributed by atoms with E-state index in [1.165, 1.54) is 30.6 Å². The predicted octanol–water partition coefficient (Wildman–Crippen LogP) is 3.28. The summed E-state index contributed by atoms with van der Waals surface area (Å²) in [5, 5.41) is 18.6. The molecule has 3 aliphatic rings. The fourth-order valence-electron chi connectivity index (χ4n) is 5.65. The van der Waals surface area contributed by atoms with E-state index >= 15 is 0 Å². The maximum atomic E-state index is 14.2. The smallest absolute Gasteiger partial charge is 0.257 e. The lowest BCUT2D eigenvalue weighted by molar-refractivity contribution is 0.0214. The van der Waals surface area contributed by atoms with Crippen LogP contribution in [0.2, 0.25) is 5.02 Å². The number of amides is 1.